The van der Waals surface area contributed by atoms with Crippen LogP contribution in [0.2, 0.25) is 0 Å². The molecule has 0 aliphatic rings. The van der Waals surface area contributed by atoms with Crippen LogP contribution in [0.1, 0.15) is 10.4 Å². The number of benzene rings is 3. The lowest BCUT2D eigenvalue weighted by atomic mass is 10.1. The van der Waals surface area contributed by atoms with Gasteiger partial charge in [0.05, 0.1) is 11.1 Å². The quantitative estimate of drug-likeness (QED) is 0.600. The van der Waals surface area contributed by atoms with Gasteiger partial charge >= 0.3 is 0 Å². The van der Waals surface area contributed by atoms with Crippen LogP contribution in [0.4, 0.5) is 5.69 Å². The topological polar surface area (TPSA) is 47.6 Å². The zero-order valence-corrected chi connectivity index (χ0v) is 15.4. The third-order valence-electron chi connectivity index (χ3n) is 3.75. The van der Waals surface area contributed by atoms with E-state index < -0.39 is 0 Å². The fourth-order valence-corrected chi connectivity index (χ4v) is 2.96. The summed E-state index contributed by atoms with van der Waals surface area (Å²) in [5.41, 5.74) is 1.32. The van der Waals surface area contributed by atoms with Gasteiger partial charge in [0.1, 0.15) is 12.4 Å². The molecule has 5 heteroatoms. The summed E-state index contributed by atoms with van der Waals surface area (Å²) in [6.07, 6.45) is 0. The summed E-state index contributed by atoms with van der Waals surface area (Å²) in [4.78, 5) is 12.5. The largest absolute Gasteiger partial charge is 0.490 e. The van der Waals surface area contributed by atoms with E-state index in [1.54, 1.807) is 25.3 Å². The summed E-state index contributed by atoms with van der Waals surface area (Å²) in [5.74, 6) is 0.513. The van der Waals surface area contributed by atoms with Gasteiger partial charge < -0.3 is 14.8 Å². The first-order valence-corrected chi connectivity index (χ1v) is 8.68. The van der Waals surface area contributed by atoms with E-state index in [9.17, 15) is 4.79 Å². The molecule has 0 heterocycles. The van der Waals surface area contributed by atoms with E-state index >= 15 is 0 Å². The summed E-state index contributed by atoms with van der Waals surface area (Å²) in [7, 11) is 1.62. The molecule has 0 fully saturated rings. The summed E-state index contributed by atoms with van der Waals surface area (Å²) in [5, 5.41) is 5.15. The van der Waals surface area contributed by atoms with Crippen LogP contribution in [0.5, 0.6) is 5.75 Å². The van der Waals surface area contributed by atoms with Crippen molar-refractivity contribution in [2.75, 3.05) is 25.6 Å². The minimum absolute atomic E-state index is 0.167. The van der Waals surface area contributed by atoms with E-state index in [1.165, 1.54) is 0 Å². The van der Waals surface area contributed by atoms with E-state index in [0.717, 1.165) is 20.9 Å². The Morgan fingerprint density at radius 3 is 2.56 bits per heavy atom. The van der Waals surface area contributed by atoms with Crippen LogP contribution in [0, 0.1) is 0 Å². The zero-order chi connectivity index (χ0) is 17.6. The fourth-order valence-electron chi connectivity index (χ4n) is 2.46. The predicted molar refractivity (Wildman–Crippen MR) is 103 cm³/mol. The maximum Gasteiger partial charge on any atom is 0.255 e. The second-order valence-electron chi connectivity index (χ2n) is 5.50. The van der Waals surface area contributed by atoms with Gasteiger partial charge in [0.25, 0.3) is 5.91 Å². The van der Waals surface area contributed by atoms with E-state index in [0.29, 0.717) is 24.5 Å². The molecular formula is C20H18BrNO3. The van der Waals surface area contributed by atoms with Crippen molar-refractivity contribution in [3.63, 3.8) is 0 Å². The average Bonchev–Trinajstić information content (AvgIpc) is 2.63. The third kappa shape index (κ3) is 4.38. The highest BCUT2D eigenvalue weighted by atomic mass is 79.9. The van der Waals surface area contributed by atoms with Crippen LogP contribution in [-0.2, 0) is 4.74 Å². The number of carbonyl (C=O) groups excluding carboxylic acids is 1. The molecule has 0 saturated heterocycles. The number of halogens is 1. The molecule has 3 rings (SSSR count). The Hall–Kier alpha value is -2.37. The van der Waals surface area contributed by atoms with Crippen LogP contribution in [0.25, 0.3) is 10.8 Å². The molecule has 0 atom stereocenters. The molecule has 0 saturated carbocycles. The molecule has 0 aromatic heterocycles. The van der Waals surface area contributed by atoms with Gasteiger partial charge in [0.2, 0.25) is 0 Å². The van der Waals surface area contributed by atoms with Gasteiger partial charge in [-0.05, 0) is 57.0 Å². The van der Waals surface area contributed by atoms with Gasteiger partial charge in [-0.3, -0.25) is 4.79 Å². The Bertz CT molecular complexity index is 895. The number of ether oxygens (including phenoxy) is 2. The Labute approximate surface area is 154 Å². The van der Waals surface area contributed by atoms with Crippen LogP contribution in [0.3, 0.4) is 0 Å². The Morgan fingerprint density at radius 2 is 1.80 bits per heavy atom. The molecule has 0 spiro atoms. The van der Waals surface area contributed by atoms with E-state index in [2.05, 4.69) is 21.2 Å². The van der Waals surface area contributed by atoms with E-state index in [-0.39, 0.29) is 5.91 Å². The van der Waals surface area contributed by atoms with Crippen molar-refractivity contribution in [1.29, 1.82) is 0 Å². The van der Waals surface area contributed by atoms with Crippen LogP contribution >= 0.6 is 15.9 Å². The van der Waals surface area contributed by atoms with Gasteiger partial charge in [-0.1, -0.05) is 30.3 Å². The number of methoxy groups -OCH3 is 1. The highest BCUT2D eigenvalue weighted by Gasteiger charge is 2.10. The molecule has 128 valence electrons. The van der Waals surface area contributed by atoms with Gasteiger partial charge in [0.15, 0.2) is 0 Å². The molecule has 25 heavy (non-hydrogen) atoms. The number of carbonyl (C=O) groups is 1. The van der Waals surface area contributed by atoms with E-state index in [1.807, 2.05) is 42.5 Å². The molecule has 3 aromatic rings. The summed E-state index contributed by atoms with van der Waals surface area (Å²) < 4.78 is 11.3. The Kier molecular flexibility index (Phi) is 5.68. The lowest BCUT2D eigenvalue weighted by molar-refractivity contribution is 0.102. The summed E-state index contributed by atoms with van der Waals surface area (Å²) in [6.45, 7) is 0.967. The first-order chi connectivity index (χ1) is 12.2. The van der Waals surface area contributed by atoms with Crippen molar-refractivity contribution in [2.45, 2.75) is 0 Å². The van der Waals surface area contributed by atoms with Crippen molar-refractivity contribution in [3.8, 4) is 5.75 Å². The molecular weight excluding hydrogens is 382 g/mol. The highest BCUT2D eigenvalue weighted by molar-refractivity contribution is 9.10. The number of rotatable bonds is 6. The number of amides is 1. The molecule has 1 N–H and O–H groups in total. The fraction of sp³-hybridized carbons (Fsp3) is 0.150. The SMILES string of the molecule is COCCOc1ccc(C(=O)Nc2ccc3ccccc3c2)cc1Br. The lowest BCUT2D eigenvalue weighted by Crippen LogP contribution is -2.12. The molecule has 4 nitrogen and oxygen atoms in total. The van der Waals surface area contributed by atoms with Crippen molar-refractivity contribution in [2.24, 2.45) is 0 Å². The zero-order valence-electron chi connectivity index (χ0n) is 13.8. The van der Waals surface area contributed by atoms with Crippen molar-refractivity contribution < 1.29 is 14.3 Å². The molecule has 0 bridgehead atoms. The second-order valence-corrected chi connectivity index (χ2v) is 6.36. The van der Waals surface area contributed by atoms with Gasteiger partial charge in [-0.2, -0.15) is 0 Å². The standard InChI is InChI=1S/C20H18BrNO3/c1-24-10-11-25-19-9-7-16(13-18(19)21)20(23)22-17-8-6-14-4-2-3-5-15(14)12-17/h2-9,12-13H,10-11H2,1H3,(H,22,23). The molecule has 0 radical (unpaired) electrons. The average molecular weight is 400 g/mol. The van der Waals surface area contributed by atoms with Gasteiger partial charge in [-0.15, -0.1) is 0 Å². The van der Waals surface area contributed by atoms with Crippen LogP contribution in [-0.4, -0.2) is 26.2 Å². The normalized spacial score (nSPS) is 10.6. The summed E-state index contributed by atoms with van der Waals surface area (Å²) >= 11 is 3.44. The monoisotopic (exact) mass is 399 g/mol. The Morgan fingerprint density at radius 1 is 1.00 bits per heavy atom. The minimum atomic E-state index is -0.167. The molecule has 3 aromatic carbocycles. The number of anilines is 1. The predicted octanol–water partition coefficient (Wildman–Crippen LogP) is 4.88. The first kappa shape index (κ1) is 17.5. The molecule has 0 aliphatic carbocycles. The smallest absolute Gasteiger partial charge is 0.255 e. The van der Waals surface area contributed by atoms with Crippen LogP contribution < -0.4 is 10.1 Å². The molecule has 1 amide bonds. The summed E-state index contributed by atoms with van der Waals surface area (Å²) in [6, 6.07) is 19.2. The maximum absolute atomic E-state index is 12.5. The van der Waals surface area contributed by atoms with Gasteiger partial charge in [0, 0.05) is 18.4 Å². The van der Waals surface area contributed by atoms with E-state index in [4.69, 9.17) is 9.47 Å². The Balaban J connectivity index is 1.72. The van der Waals surface area contributed by atoms with Crippen molar-refractivity contribution >= 4 is 38.3 Å². The maximum atomic E-state index is 12.5. The van der Waals surface area contributed by atoms with Crippen LogP contribution in [0.15, 0.2) is 65.1 Å². The lowest BCUT2D eigenvalue weighted by Gasteiger charge is -2.10. The second kappa shape index (κ2) is 8.14. The molecule has 0 unspecified atom stereocenters. The first-order valence-electron chi connectivity index (χ1n) is 7.89. The van der Waals surface area contributed by atoms with Crippen molar-refractivity contribution in [1.82, 2.24) is 0 Å². The number of nitrogens with one attached hydrogen (secondary N) is 1. The highest BCUT2D eigenvalue weighted by Crippen LogP contribution is 2.27. The number of hydrogen-bond acceptors (Lipinski definition) is 3. The third-order valence-corrected chi connectivity index (χ3v) is 4.37. The molecule has 0 aliphatic heterocycles. The number of fused-ring (bicyclic) bond motifs is 1. The van der Waals surface area contributed by atoms with Crippen molar-refractivity contribution in [3.05, 3.63) is 70.7 Å². The van der Waals surface area contributed by atoms with Gasteiger partial charge in [-0.25, -0.2) is 0 Å². The minimum Gasteiger partial charge on any atom is -0.490 e. The number of hydrogen-bond donors (Lipinski definition) is 1.